The van der Waals surface area contributed by atoms with Gasteiger partial charge in [-0.05, 0) is 19.1 Å². The number of nitro benzene ring substituents is 1. The number of ether oxygens (including phenoxy) is 1. The third-order valence-electron chi connectivity index (χ3n) is 2.45. The lowest BCUT2D eigenvalue weighted by atomic mass is 10.1. The van der Waals surface area contributed by atoms with Gasteiger partial charge in [-0.15, -0.1) is 0 Å². The molecule has 0 spiro atoms. The van der Waals surface area contributed by atoms with Crippen molar-refractivity contribution in [3.63, 3.8) is 0 Å². The van der Waals surface area contributed by atoms with Crippen molar-refractivity contribution < 1.29 is 19.2 Å². The highest BCUT2D eigenvalue weighted by Crippen LogP contribution is 2.25. The van der Waals surface area contributed by atoms with E-state index in [0.29, 0.717) is 6.54 Å². The van der Waals surface area contributed by atoms with Gasteiger partial charge in [-0.1, -0.05) is 0 Å². The first-order valence-corrected chi connectivity index (χ1v) is 6.18. The van der Waals surface area contributed by atoms with Crippen LogP contribution in [0.1, 0.15) is 17.3 Å². The van der Waals surface area contributed by atoms with Gasteiger partial charge in [0.25, 0.3) is 11.6 Å². The number of primary amides is 1. The number of anilines is 1. The number of carbonyl (C=O) groups excluding carboxylic acids is 2. The number of hydrogen-bond acceptors (Lipinski definition) is 6. The maximum absolute atomic E-state index is 11.8. The van der Waals surface area contributed by atoms with E-state index in [9.17, 15) is 19.7 Å². The molecule has 0 aromatic heterocycles. The number of hydrogen-bond donors (Lipinski definition) is 3. The molecule has 1 aromatic rings. The van der Waals surface area contributed by atoms with Gasteiger partial charge in [0.15, 0.2) is 0 Å². The lowest BCUT2D eigenvalue weighted by Gasteiger charge is -2.08. The Kier molecular flexibility index (Phi) is 5.93. The molecule has 1 aromatic carbocycles. The van der Waals surface area contributed by atoms with Crippen LogP contribution in [0.25, 0.3) is 0 Å². The molecule has 0 aliphatic heterocycles. The highest BCUT2D eigenvalue weighted by atomic mass is 16.6. The highest BCUT2D eigenvalue weighted by molar-refractivity contribution is 5.95. The predicted molar refractivity (Wildman–Crippen MR) is 75.1 cm³/mol. The lowest BCUT2D eigenvalue weighted by molar-refractivity contribution is -0.384. The van der Waals surface area contributed by atoms with Crippen molar-refractivity contribution in [2.75, 3.05) is 25.0 Å². The summed E-state index contributed by atoms with van der Waals surface area (Å²) in [4.78, 5) is 32.5. The van der Waals surface area contributed by atoms with Gasteiger partial charge in [-0.25, -0.2) is 4.79 Å². The van der Waals surface area contributed by atoms with Crippen molar-refractivity contribution >= 4 is 23.4 Å². The molecule has 0 aliphatic rings. The van der Waals surface area contributed by atoms with E-state index in [1.807, 2.05) is 0 Å². The molecular formula is C12H16N4O5. The molecular weight excluding hydrogens is 280 g/mol. The van der Waals surface area contributed by atoms with Crippen LogP contribution >= 0.6 is 0 Å². The van der Waals surface area contributed by atoms with E-state index < -0.39 is 16.9 Å². The number of nitrogens with two attached hydrogens (primary N) is 1. The largest absolute Gasteiger partial charge is 0.448 e. The van der Waals surface area contributed by atoms with E-state index in [2.05, 4.69) is 15.4 Å². The lowest BCUT2D eigenvalue weighted by Crippen LogP contribution is -2.29. The van der Waals surface area contributed by atoms with Crippen LogP contribution in [0.2, 0.25) is 0 Å². The predicted octanol–water partition coefficient (Wildman–Crippen LogP) is 0.852. The maximum Gasteiger partial charge on any atom is 0.404 e. The topological polar surface area (TPSA) is 137 Å². The summed E-state index contributed by atoms with van der Waals surface area (Å²) in [5, 5.41) is 16.2. The molecule has 0 aliphatic carbocycles. The molecule has 0 saturated heterocycles. The minimum atomic E-state index is -0.922. The van der Waals surface area contributed by atoms with Gasteiger partial charge >= 0.3 is 6.09 Å². The fourth-order valence-corrected chi connectivity index (χ4v) is 1.59. The van der Waals surface area contributed by atoms with E-state index in [0.717, 1.165) is 0 Å². The van der Waals surface area contributed by atoms with Crippen molar-refractivity contribution in [2.24, 2.45) is 5.73 Å². The van der Waals surface area contributed by atoms with Crippen LogP contribution in [-0.2, 0) is 4.74 Å². The zero-order chi connectivity index (χ0) is 15.8. The molecule has 0 bridgehead atoms. The van der Waals surface area contributed by atoms with Crippen LogP contribution in [0.4, 0.5) is 16.2 Å². The summed E-state index contributed by atoms with van der Waals surface area (Å²) in [5.74, 6) is -0.433. The summed E-state index contributed by atoms with van der Waals surface area (Å²) in [6.45, 7) is 2.32. The van der Waals surface area contributed by atoms with E-state index in [1.165, 1.54) is 18.2 Å². The molecule has 1 rings (SSSR count). The number of amides is 2. The second-order valence-electron chi connectivity index (χ2n) is 3.94. The maximum atomic E-state index is 11.8. The first kappa shape index (κ1) is 16.2. The minimum Gasteiger partial charge on any atom is -0.448 e. The van der Waals surface area contributed by atoms with Crippen molar-refractivity contribution in [1.82, 2.24) is 5.32 Å². The van der Waals surface area contributed by atoms with Crippen LogP contribution in [-0.4, -0.2) is 36.6 Å². The smallest absolute Gasteiger partial charge is 0.404 e. The molecule has 0 heterocycles. The fraction of sp³-hybridized carbons (Fsp3) is 0.333. The van der Waals surface area contributed by atoms with Gasteiger partial charge in [-0.2, -0.15) is 0 Å². The van der Waals surface area contributed by atoms with Gasteiger partial charge in [0.2, 0.25) is 0 Å². The van der Waals surface area contributed by atoms with E-state index in [4.69, 9.17) is 5.73 Å². The molecule has 0 fully saturated rings. The van der Waals surface area contributed by atoms with E-state index in [-0.39, 0.29) is 30.1 Å². The molecule has 2 amide bonds. The summed E-state index contributed by atoms with van der Waals surface area (Å²) in [6, 6.07) is 4.00. The van der Waals surface area contributed by atoms with Gasteiger partial charge < -0.3 is 21.1 Å². The number of benzene rings is 1. The molecule has 0 radical (unpaired) electrons. The molecule has 9 nitrogen and oxygen atoms in total. The zero-order valence-electron chi connectivity index (χ0n) is 11.4. The Bertz CT molecular complexity index is 546. The molecule has 21 heavy (non-hydrogen) atoms. The Labute approximate surface area is 120 Å². The molecule has 0 atom stereocenters. The van der Waals surface area contributed by atoms with Gasteiger partial charge in [0.05, 0.1) is 11.5 Å². The molecule has 0 saturated carbocycles. The van der Waals surface area contributed by atoms with Crippen molar-refractivity contribution in [1.29, 1.82) is 0 Å². The Morgan fingerprint density at radius 2 is 2.14 bits per heavy atom. The van der Waals surface area contributed by atoms with Crippen molar-refractivity contribution in [3.8, 4) is 0 Å². The molecule has 4 N–H and O–H groups in total. The van der Waals surface area contributed by atoms with Gasteiger partial charge in [0.1, 0.15) is 12.3 Å². The van der Waals surface area contributed by atoms with E-state index >= 15 is 0 Å². The first-order valence-electron chi connectivity index (χ1n) is 6.18. The van der Waals surface area contributed by atoms with Crippen LogP contribution in [0.3, 0.4) is 0 Å². The van der Waals surface area contributed by atoms with Gasteiger partial charge in [0, 0.05) is 18.2 Å². The van der Waals surface area contributed by atoms with Crippen LogP contribution < -0.4 is 16.4 Å². The third kappa shape index (κ3) is 4.97. The summed E-state index contributed by atoms with van der Waals surface area (Å²) in [6.07, 6.45) is -0.922. The summed E-state index contributed by atoms with van der Waals surface area (Å²) >= 11 is 0. The monoisotopic (exact) mass is 296 g/mol. The standard InChI is InChI=1S/C12H16N4O5/c1-2-14-9-7-8(3-4-10(9)16(19)20)11(17)15-5-6-21-12(13)18/h3-4,7,14H,2,5-6H2,1H3,(H2,13,18)(H,15,17). The second kappa shape index (κ2) is 7.68. The number of rotatable bonds is 7. The Morgan fingerprint density at radius 1 is 1.43 bits per heavy atom. The fourth-order valence-electron chi connectivity index (χ4n) is 1.59. The first-order chi connectivity index (χ1) is 9.95. The average Bonchev–Trinajstić information content (AvgIpc) is 2.43. The van der Waals surface area contributed by atoms with Crippen molar-refractivity contribution in [2.45, 2.75) is 6.92 Å². The Hall–Kier alpha value is -2.84. The van der Waals surface area contributed by atoms with Crippen LogP contribution in [0.15, 0.2) is 18.2 Å². The summed E-state index contributed by atoms with van der Waals surface area (Å²) in [7, 11) is 0. The van der Waals surface area contributed by atoms with Crippen LogP contribution in [0.5, 0.6) is 0 Å². The van der Waals surface area contributed by atoms with E-state index in [1.54, 1.807) is 6.92 Å². The van der Waals surface area contributed by atoms with Gasteiger partial charge in [-0.3, -0.25) is 14.9 Å². The number of carbonyl (C=O) groups is 2. The average molecular weight is 296 g/mol. The summed E-state index contributed by atoms with van der Waals surface area (Å²) < 4.78 is 4.46. The molecule has 114 valence electrons. The Morgan fingerprint density at radius 3 is 2.71 bits per heavy atom. The van der Waals surface area contributed by atoms with Crippen LogP contribution in [0, 0.1) is 10.1 Å². The number of nitrogens with zero attached hydrogens (tertiary/aromatic N) is 1. The zero-order valence-corrected chi connectivity index (χ0v) is 11.4. The highest BCUT2D eigenvalue weighted by Gasteiger charge is 2.16. The second-order valence-corrected chi connectivity index (χ2v) is 3.94. The minimum absolute atomic E-state index is 0.0475. The number of nitro groups is 1. The molecule has 9 heteroatoms. The SMILES string of the molecule is CCNc1cc(C(=O)NCCOC(N)=O)ccc1[N+](=O)[O-]. The quantitative estimate of drug-likeness (QED) is 0.387. The normalized spacial score (nSPS) is 9.76. The molecule has 0 unspecified atom stereocenters. The van der Waals surface area contributed by atoms with Crippen molar-refractivity contribution in [3.05, 3.63) is 33.9 Å². The number of nitrogens with one attached hydrogen (secondary N) is 2. The Balaban J connectivity index is 2.74. The third-order valence-corrected chi connectivity index (χ3v) is 2.45. The summed E-state index contributed by atoms with van der Waals surface area (Å²) in [5.41, 5.74) is 5.19.